The molecule has 2 rings (SSSR count). The van der Waals surface area contributed by atoms with Gasteiger partial charge >= 0.3 is 0 Å². The molecule has 19 heavy (non-hydrogen) atoms. The largest absolute Gasteiger partial charge is 0.491 e. The van der Waals surface area contributed by atoms with Crippen molar-refractivity contribution in [3.05, 3.63) is 34.8 Å². The number of rotatable bonds is 4. The molecule has 0 saturated heterocycles. The minimum atomic E-state index is -0.373. The lowest BCUT2D eigenvalue weighted by atomic mass is 10.1. The Labute approximate surface area is 119 Å². The van der Waals surface area contributed by atoms with Gasteiger partial charge in [0.05, 0.1) is 11.6 Å². The van der Waals surface area contributed by atoms with Gasteiger partial charge in [-0.05, 0) is 35.0 Å². The van der Waals surface area contributed by atoms with Crippen molar-refractivity contribution in [2.75, 3.05) is 19.0 Å². The molecule has 0 amide bonds. The zero-order chi connectivity index (χ0) is 13.8. The first kappa shape index (κ1) is 13.7. The third-order valence-corrected chi connectivity index (χ3v) is 3.17. The molecule has 100 valence electrons. The van der Waals surface area contributed by atoms with Crippen LogP contribution in [0.4, 0.5) is 10.2 Å². The first-order chi connectivity index (χ1) is 9.19. The highest BCUT2D eigenvalue weighted by molar-refractivity contribution is 9.10. The number of hydrogen-bond donors (Lipinski definition) is 1. The summed E-state index contributed by atoms with van der Waals surface area (Å²) < 4.78 is 19.8. The standard InChI is InChI=1S/C13H13BrFN3O/c1-3-16-13-12(19-2)11(17-7-18-13)8-5-4-6-9(14)10(8)15/h4-7H,3H2,1-2H3,(H,16,17,18). The molecule has 0 saturated carbocycles. The van der Waals surface area contributed by atoms with Crippen molar-refractivity contribution in [2.45, 2.75) is 6.92 Å². The van der Waals surface area contributed by atoms with Crippen LogP contribution in [-0.4, -0.2) is 23.6 Å². The number of hydrogen-bond acceptors (Lipinski definition) is 4. The molecule has 0 aliphatic rings. The van der Waals surface area contributed by atoms with E-state index in [2.05, 4.69) is 31.2 Å². The summed E-state index contributed by atoms with van der Waals surface area (Å²) in [6, 6.07) is 5.04. The van der Waals surface area contributed by atoms with Crippen LogP contribution in [0.2, 0.25) is 0 Å². The number of nitrogens with one attached hydrogen (secondary N) is 1. The fourth-order valence-corrected chi connectivity index (χ4v) is 2.11. The van der Waals surface area contributed by atoms with Crippen molar-refractivity contribution in [1.29, 1.82) is 0 Å². The van der Waals surface area contributed by atoms with Crippen molar-refractivity contribution >= 4 is 21.7 Å². The van der Waals surface area contributed by atoms with Crippen LogP contribution in [0, 0.1) is 5.82 Å². The van der Waals surface area contributed by atoms with E-state index in [9.17, 15) is 4.39 Å². The van der Waals surface area contributed by atoms with Crippen LogP contribution in [0.5, 0.6) is 5.75 Å². The third-order valence-electron chi connectivity index (χ3n) is 2.56. The van der Waals surface area contributed by atoms with Crippen LogP contribution in [0.25, 0.3) is 11.3 Å². The van der Waals surface area contributed by atoms with E-state index in [1.54, 1.807) is 18.2 Å². The average Bonchev–Trinajstić information content (AvgIpc) is 2.42. The minimum absolute atomic E-state index is 0.368. The first-order valence-corrected chi connectivity index (χ1v) is 6.55. The van der Waals surface area contributed by atoms with E-state index in [-0.39, 0.29) is 5.82 Å². The number of halogens is 2. The molecular weight excluding hydrogens is 313 g/mol. The third kappa shape index (κ3) is 2.68. The molecule has 1 N–H and O–H groups in total. The van der Waals surface area contributed by atoms with E-state index < -0.39 is 0 Å². The zero-order valence-electron chi connectivity index (χ0n) is 10.6. The Bertz CT molecular complexity index is 592. The number of nitrogens with zero attached hydrogens (tertiary/aromatic N) is 2. The number of benzene rings is 1. The second-order valence-electron chi connectivity index (χ2n) is 3.74. The minimum Gasteiger partial charge on any atom is -0.491 e. The topological polar surface area (TPSA) is 47.0 Å². The molecule has 0 unspecified atom stereocenters. The maximum Gasteiger partial charge on any atom is 0.187 e. The molecule has 1 aromatic carbocycles. The lowest BCUT2D eigenvalue weighted by Crippen LogP contribution is -2.04. The molecule has 0 aliphatic carbocycles. The van der Waals surface area contributed by atoms with Gasteiger partial charge in [-0.3, -0.25) is 0 Å². The van der Waals surface area contributed by atoms with Gasteiger partial charge in [0.15, 0.2) is 11.6 Å². The summed E-state index contributed by atoms with van der Waals surface area (Å²) in [5.41, 5.74) is 0.792. The Kier molecular flexibility index (Phi) is 4.31. The predicted octanol–water partition coefficient (Wildman–Crippen LogP) is 3.49. The van der Waals surface area contributed by atoms with Crippen LogP contribution in [0.3, 0.4) is 0 Å². The van der Waals surface area contributed by atoms with Crippen molar-refractivity contribution in [3.63, 3.8) is 0 Å². The molecule has 4 nitrogen and oxygen atoms in total. The Hall–Kier alpha value is -1.69. The highest BCUT2D eigenvalue weighted by Crippen LogP contribution is 2.35. The zero-order valence-corrected chi connectivity index (χ0v) is 12.2. The average molecular weight is 326 g/mol. The molecule has 0 spiro atoms. The summed E-state index contributed by atoms with van der Waals surface area (Å²) >= 11 is 3.16. The maximum absolute atomic E-state index is 14.1. The Morgan fingerprint density at radius 2 is 2.16 bits per heavy atom. The van der Waals surface area contributed by atoms with E-state index in [0.717, 1.165) is 0 Å². The van der Waals surface area contributed by atoms with E-state index >= 15 is 0 Å². The molecule has 6 heteroatoms. The maximum atomic E-state index is 14.1. The van der Waals surface area contributed by atoms with Gasteiger partial charge in [0, 0.05) is 12.1 Å². The smallest absolute Gasteiger partial charge is 0.187 e. The summed E-state index contributed by atoms with van der Waals surface area (Å²) in [5.74, 6) is 0.609. The quantitative estimate of drug-likeness (QED) is 0.934. The highest BCUT2D eigenvalue weighted by atomic mass is 79.9. The normalized spacial score (nSPS) is 10.3. The first-order valence-electron chi connectivity index (χ1n) is 5.76. The van der Waals surface area contributed by atoms with Crippen molar-refractivity contribution in [2.24, 2.45) is 0 Å². The Balaban J connectivity index is 2.61. The van der Waals surface area contributed by atoms with Crippen LogP contribution in [-0.2, 0) is 0 Å². The van der Waals surface area contributed by atoms with Crippen LogP contribution < -0.4 is 10.1 Å². The number of anilines is 1. The molecule has 0 aliphatic heterocycles. The van der Waals surface area contributed by atoms with Gasteiger partial charge in [0.1, 0.15) is 17.8 Å². The Morgan fingerprint density at radius 1 is 1.37 bits per heavy atom. The summed E-state index contributed by atoms with van der Waals surface area (Å²) in [5, 5.41) is 3.06. The van der Waals surface area contributed by atoms with Gasteiger partial charge < -0.3 is 10.1 Å². The van der Waals surface area contributed by atoms with Crippen LogP contribution in [0.1, 0.15) is 6.92 Å². The SMILES string of the molecule is CCNc1ncnc(-c2cccc(Br)c2F)c1OC. The van der Waals surface area contributed by atoms with Crippen LogP contribution >= 0.6 is 15.9 Å². The lowest BCUT2D eigenvalue weighted by molar-refractivity contribution is 0.414. The summed E-state index contributed by atoms with van der Waals surface area (Å²) in [6.45, 7) is 2.63. The second kappa shape index (κ2) is 5.97. The fourth-order valence-electron chi connectivity index (χ4n) is 1.74. The number of ether oxygens (including phenoxy) is 1. The van der Waals surface area contributed by atoms with Crippen LogP contribution in [0.15, 0.2) is 29.0 Å². The van der Waals surface area contributed by atoms with Gasteiger partial charge in [-0.15, -0.1) is 0 Å². The van der Waals surface area contributed by atoms with Crippen molar-refractivity contribution < 1.29 is 9.13 Å². The molecule has 0 bridgehead atoms. The fraction of sp³-hybridized carbons (Fsp3) is 0.231. The van der Waals surface area contributed by atoms with E-state index in [1.165, 1.54) is 13.4 Å². The van der Waals surface area contributed by atoms with Gasteiger partial charge in [0.2, 0.25) is 0 Å². The predicted molar refractivity (Wildman–Crippen MR) is 75.8 cm³/mol. The number of aromatic nitrogens is 2. The van der Waals surface area contributed by atoms with Gasteiger partial charge in [-0.2, -0.15) is 0 Å². The molecule has 1 aromatic heterocycles. The monoisotopic (exact) mass is 325 g/mol. The molecular formula is C13H13BrFN3O. The van der Waals surface area contributed by atoms with E-state index in [4.69, 9.17) is 4.74 Å². The number of methoxy groups -OCH3 is 1. The van der Waals surface area contributed by atoms with Gasteiger partial charge in [-0.25, -0.2) is 14.4 Å². The molecule has 1 heterocycles. The van der Waals surface area contributed by atoms with E-state index in [1.807, 2.05) is 6.92 Å². The summed E-state index contributed by atoms with van der Waals surface area (Å²) in [6.07, 6.45) is 1.39. The molecule has 0 atom stereocenters. The van der Waals surface area contributed by atoms with Crippen molar-refractivity contribution in [1.82, 2.24) is 9.97 Å². The molecule has 0 radical (unpaired) electrons. The highest BCUT2D eigenvalue weighted by Gasteiger charge is 2.17. The molecule has 2 aromatic rings. The van der Waals surface area contributed by atoms with Crippen molar-refractivity contribution in [3.8, 4) is 17.0 Å². The Morgan fingerprint density at radius 3 is 2.84 bits per heavy atom. The van der Waals surface area contributed by atoms with Gasteiger partial charge in [-0.1, -0.05) is 6.07 Å². The van der Waals surface area contributed by atoms with Gasteiger partial charge in [0.25, 0.3) is 0 Å². The lowest BCUT2D eigenvalue weighted by Gasteiger charge is -2.13. The summed E-state index contributed by atoms with van der Waals surface area (Å²) in [4.78, 5) is 8.22. The summed E-state index contributed by atoms with van der Waals surface area (Å²) in [7, 11) is 1.51. The molecule has 0 fully saturated rings. The van der Waals surface area contributed by atoms with E-state index in [0.29, 0.717) is 33.8 Å². The second-order valence-corrected chi connectivity index (χ2v) is 4.59.